The number of amides is 1. The first-order valence-electron chi connectivity index (χ1n) is 8.75. The van der Waals surface area contributed by atoms with Crippen molar-refractivity contribution in [2.24, 2.45) is 0 Å². The van der Waals surface area contributed by atoms with Gasteiger partial charge in [-0.25, -0.2) is 4.39 Å². The van der Waals surface area contributed by atoms with Gasteiger partial charge in [0, 0.05) is 19.2 Å². The molecule has 2 aromatic carbocycles. The molecule has 0 aliphatic carbocycles. The molecule has 8 nitrogen and oxygen atoms in total. The highest BCUT2D eigenvalue weighted by Crippen LogP contribution is 2.31. The van der Waals surface area contributed by atoms with Gasteiger partial charge >= 0.3 is 0 Å². The molecule has 0 radical (unpaired) electrons. The van der Waals surface area contributed by atoms with E-state index in [0.717, 1.165) is 5.56 Å². The zero-order valence-electron chi connectivity index (χ0n) is 15.2. The van der Waals surface area contributed by atoms with Crippen LogP contribution in [0.4, 0.5) is 4.39 Å². The minimum Gasteiger partial charge on any atom is -0.486 e. The Bertz CT molecular complexity index is 989. The van der Waals surface area contributed by atoms with Crippen molar-refractivity contribution in [3.8, 4) is 22.9 Å². The Morgan fingerprint density at radius 2 is 1.89 bits per heavy atom. The molecule has 9 heteroatoms. The van der Waals surface area contributed by atoms with Crippen molar-refractivity contribution in [3.05, 3.63) is 53.8 Å². The Morgan fingerprint density at radius 1 is 1.14 bits per heavy atom. The van der Waals surface area contributed by atoms with Crippen molar-refractivity contribution in [2.75, 3.05) is 20.3 Å². The number of aromatic nitrogens is 4. The molecule has 0 bridgehead atoms. The molecule has 0 fully saturated rings. The Hall–Kier alpha value is -3.49. The molecule has 4 rings (SSSR count). The predicted octanol–water partition coefficient (Wildman–Crippen LogP) is 1.91. The molecular formula is C19H18FN5O3. The number of carbonyl (C=O) groups is 1. The standard InChI is InChI=1S/C19H18FN5O3/c1-24(11-13-2-7-16-17(10-13)28-9-8-27-16)18(26)12-25-22-19(21-23-25)14-3-5-15(20)6-4-14/h2-7,10H,8-9,11-12H2,1H3. The maximum absolute atomic E-state index is 13.0. The number of benzene rings is 2. The zero-order chi connectivity index (χ0) is 19.5. The zero-order valence-corrected chi connectivity index (χ0v) is 15.2. The van der Waals surface area contributed by atoms with Gasteiger partial charge in [0.25, 0.3) is 0 Å². The van der Waals surface area contributed by atoms with E-state index in [1.807, 2.05) is 18.2 Å². The average molecular weight is 383 g/mol. The molecule has 2 heterocycles. The molecule has 0 unspecified atom stereocenters. The lowest BCUT2D eigenvalue weighted by Crippen LogP contribution is -2.30. The molecule has 0 spiro atoms. The van der Waals surface area contributed by atoms with E-state index >= 15 is 0 Å². The number of nitrogens with zero attached hydrogens (tertiary/aromatic N) is 5. The summed E-state index contributed by atoms with van der Waals surface area (Å²) in [6.07, 6.45) is 0. The second kappa shape index (κ2) is 7.63. The molecule has 28 heavy (non-hydrogen) atoms. The number of hydrogen-bond donors (Lipinski definition) is 0. The van der Waals surface area contributed by atoms with Crippen LogP contribution in [0, 0.1) is 5.82 Å². The monoisotopic (exact) mass is 383 g/mol. The average Bonchev–Trinajstić information content (AvgIpc) is 3.17. The lowest BCUT2D eigenvalue weighted by molar-refractivity contribution is -0.131. The molecule has 1 aliphatic rings. The third-order valence-electron chi connectivity index (χ3n) is 4.28. The maximum atomic E-state index is 13.0. The molecule has 1 amide bonds. The lowest BCUT2D eigenvalue weighted by atomic mass is 10.2. The second-order valence-corrected chi connectivity index (χ2v) is 6.38. The predicted molar refractivity (Wildman–Crippen MR) is 97.1 cm³/mol. The first-order chi connectivity index (χ1) is 13.6. The van der Waals surface area contributed by atoms with E-state index < -0.39 is 0 Å². The van der Waals surface area contributed by atoms with Crippen LogP contribution < -0.4 is 9.47 Å². The Morgan fingerprint density at radius 3 is 2.68 bits per heavy atom. The summed E-state index contributed by atoms with van der Waals surface area (Å²) in [6.45, 7) is 1.42. The van der Waals surface area contributed by atoms with Gasteiger partial charge in [-0.05, 0) is 47.2 Å². The molecule has 0 N–H and O–H groups in total. The van der Waals surface area contributed by atoms with Gasteiger partial charge in [-0.15, -0.1) is 10.2 Å². The first kappa shape index (κ1) is 17.9. The van der Waals surface area contributed by atoms with Crippen LogP contribution in [0.1, 0.15) is 5.56 Å². The topological polar surface area (TPSA) is 82.4 Å². The minimum absolute atomic E-state index is 0.0464. The number of fused-ring (bicyclic) bond motifs is 1. The van der Waals surface area contributed by atoms with Gasteiger partial charge in [-0.1, -0.05) is 6.07 Å². The summed E-state index contributed by atoms with van der Waals surface area (Å²) in [4.78, 5) is 15.3. The van der Waals surface area contributed by atoms with Crippen LogP contribution in [0.5, 0.6) is 11.5 Å². The molecule has 0 saturated carbocycles. The van der Waals surface area contributed by atoms with E-state index in [9.17, 15) is 9.18 Å². The second-order valence-electron chi connectivity index (χ2n) is 6.38. The summed E-state index contributed by atoms with van der Waals surface area (Å²) >= 11 is 0. The fourth-order valence-electron chi connectivity index (χ4n) is 2.81. The van der Waals surface area contributed by atoms with Gasteiger partial charge in [0.2, 0.25) is 11.7 Å². The largest absolute Gasteiger partial charge is 0.486 e. The molecular weight excluding hydrogens is 365 g/mol. The summed E-state index contributed by atoms with van der Waals surface area (Å²) in [7, 11) is 1.71. The fourth-order valence-corrected chi connectivity index (χ4v) is 2.81. The Labute approximate surface area is 160 Å². The molecule has 0 atom stereocenters. The van der Waals surface area contributed by atoms with Crippen molar-refractivity contribution in [1.82, 2.24) is 25.1 Å². The summed E-state index contributed by atoms with van der Waals surface area (Å²) in [6, 6.07) is 11.4. The number of rotatable bonds is 5. The van der Waals surface area contributed by atoms with Gasteiger partial charge in [-0.3, -0.25) is 4.79 Å². The normalized spacial score (nSPS) is 12.6. The summed E-state index contributed by atoms with van der Waals surface area (Å²) in [5.74, 6) is 1.22. The molecule has 1 aromatic heterocycles. The lowest BCUT2D eigenvalue weighted by Gasteiger charge is -2.21. The van der Waals surface area contributed by atoms with Gasteiger partial charge in [0.1, 0.15) is 25.6 Å². The molecule has 144 valence electrons. The smallest absolute Gasteiger partial charge is 0.246 e. The van der Waals surface area contributed by atoms with Crippen molar-refractivity contribution in [2.45, 2.75) is 13.1 Å². The van der Waals surface area contributed by atoms with Gasteiger partial charge < -0.3 is 14.4 Å². The van der Waals surface area contributed by atoms with E-state index in [1.54, 1.807) is 24.1 Å². The van der Waals surface area contributed by atoms with Crippen LogP contribution in [-0.2, 0) is 17.9 Å². The van der Waals surface area contributed by atoms with E-state index in [0.29, 0.717) is 42.6 Å². The number of hydrogen-bond acceptors (Lipinski definition) is 6. The van der Waals surface area contributed by atoms with Crippen LogP contribution in [0.2, 0.25) is 0 Å². The van der Waals surface area contributed by atoms with Crippen LogP contribution >= 0.6 is 0 Å². The molecule has 0 saturated heterocycles. The highest BCUT2D eigenvalue weighted by atomic mass is 19.1. The number of tetrazole rings is 1. The summed E-state index contributed by atoms with van der Waals surface area (Å²) < 4.78 is 24.1. The van der Waals surface area contributed by atoms with Crippen molar-refractivity contribution in [1.29, 1.82) is 0 Å². The van der Waals surface area contributed by atoms with Gasteiger partial charge in [0.15, 0.2) is 11.5 Å². The number of halogens is 1. The van der Waals surface area contributed by atoms with Crippen molar-refractivity contribution >= 4 is 5.91 Å². The Kier molecular flexibility index (Phi) is 4.88. The number of likely N-dealkylation sites (N-methyl/N-ethyl adjacent to an activating group) is 1. The van der Waals surface area contributed by atoms with E-state index in [-0.39, 0.29) is 18.3 Å². The maximum Gasteiger partial charge on any atom is 0.246 e. The van der Waals surface area contributed by atoms with E-state index in [4.69, 9.17) is 9.47 Å². The molecule has 3 aromatic rings. The fraction of sp³-hybridized carbons (Fsp3) is 0.263. The number of ether oxygens (including phenoxy) is 2. The van der Waals surface area contributed by atoms with E-state index in [1.165, 1.54) is 16.9 Å². The quantitative estimate of drug-likeness (QED) is 0.669. The van der Waals surface area contributed by atoms with Gasteiger partial charge in [0.05, 0.1) is 0 Å². The Balaban J connectivity index is 1.39. The highest BCUT2D eigenvalue weighted by molar-refractivity contribution is 5.75. The van der Waals surface area contributed by atoms with Gasteiger partial charge in [-0.2, -0.15) is 4.80 Å². The first-order valence-corrected chi connectivity index (χ1v) is 8.75. The van der Waals surface area contributed by atoms with Crippen LogP contribution in [0.25, 0.3) is 11.4 Å². The third-order valence-corrected chi connectivity index (χ3v) is 4.28. The SMILES string of the molecule is CN(Cc1ccc2c(c1)OCCO2)C(=O)Cn1nnc(-c2ccc(F)cc2)n1. The minimum atomic E-state index is -0.341. The summed E-state index contributed by atoms with van der Waals surface area (Å²) in [5, 5.41) is 12.0. The number of carbonyl (C=O) groups excluding carboxylic acids is 1. The molecule has 1 aliphatic heterocycles. The van der Waals surface area contributed by atoms with E-state index in [2.05, 4.69) is 15.4 Å². The third kappa shape index (κ3) is 3.93. The van der Waals surface area contributed by atoms with Crippen LogP contribution in [0.15, 0.2) is 42.5 Å². The van der Waals surface area contributed by atoms with Crippen LogP contribution in [-0.4, -0.2) is 51.3 Å². The summed E-state index contributed by atoms with van der Waals surface area (Å²) in [5.41, 5.74) is 1.56. The van der Waals surface area contributed by atoms with Crippen LogP contribution in [0.3, 0.4) is 0 Å². The highest BCUT2D eigenvalue weighted by Gasteiger charge is 2.16. The van der Waals surface area contributed by atoms with Crippen molar-refractivity contribution in [3.63, 3.8) is 0 Å². The van der Waals surface area contributed by atoms with Crippen molar-refractivity contribution < 1.29 is 18.7 Å².